The fraction of sp³-hybridized carbons (Fsp3) is 0.300. The van der Waals surface area contributed by atoms with Crippen molar-refractivity contribution < 1.29 is 19.0 Å². The Hall–Kier alpha value is -1.29. The normalized spacial score (nSPS) is 14.3. The Labute approximate surface area is 90.4 Å². The first-order valence-electron chi connectivity index (χ1n) is 4.48. The van der Waals surface area contributed by atoms with Crippen LogP contribution < -0.4 is 4.74 Å². The van der Waals surface area contributed by atoms with Crippen LogP contribution in [0.15, 0.2) is 6.07 Å². The van der Waals surface area contributed by atoms with Gasteiger partial charge in [-0.15, -0.1) is 0 Å². The number of aromatic carboxylic acids is 1. The highest BCUT2D eigenvalue weighted by atomic mass is 35.5. The van der Waals surface area contributed by atoms with E-state index >= 15 is 0 Å². The molecule has 1 aliphatic heterocycles. The Morgan fingerprint density at radius 2 is 2.33 bits per heavy atom. The summed E-state index contributed by atoms with van der Waals surface area (Å²) in [6.45, 7) is 0.440. The van der Waals surface area contributed by atoms with E-state index in [-0.39, 0.29) is 16.3 Å². The minimum absolute atomic E-state index is 0.208. The number of ether oxygens (including phenoxy) is 1. The average Bonchev–Trinajstić information content (AvgIpc) is 2.19. The van der Waals surface area contributed by atoms with Crippen LogP contribution in [0, 0.1) is 5.82 Å². The lowest BCUT2D eigenvalue weighted by molar-refractivity contribution is 0.0690. The van der Waals surface area contributed by atoms with Crippen molar-refractivity contribution in [2.45, 2.75) is 12.8 Å². The Kier molecular flexibility index (Phi) is 2.52. The molecule has 0 unspecified atom stereocenters. The molecule has 1 heterocycles. The van der Waals surface area contributed by atoms with Crippen molar-refractivity contribution in [3.63, 3.8) is 0 Å². The van der Waals surface area contributed by atoms with Crippen molar-refractivity contribution in [2.24, 2.45) is 0 Å². The highest BCUT2D eigenvalue weighted by Gasteiger charge is 2.25. The zero-order chi connectivity index (χ0) is 11.0. The highest BCUT2D eigenvalue weighted by molar-refractivity contribution is 6.34. The van der Waals surface area contributed by atoms with Crippen LogP contribution in [0.1, 0.15) is 22.3 Å². The quantitative estimate of drug-likeness (QED) is 0.806. The molecule has 2 rings (SSSR count). The number of hydrogen-bond donors (Lipinski definition) is 1. The first-order valence-corrected chi connectivity index (χ1v) is 4.86. The van der Waals surface area contributed by atoms with E-state index in [9.17, 15) is 9.18 Å². The summed E-state index contributed by atoms with van der Waals surface area (Å²) >= 11 is 5.59. The van der Waals surface area contributed by atoms with Crippen LogP contribution in [0.2, 0.25) is 5.02 Å². The number of halogens is 2. The van der Waals surface area contributed by atoms with E-state index < -0.39 is 11.8 Å². The fourth-order valence-corrected chi connectivity index (χ4v) is 1.86. The summed E-state index contributed by atoms with van der Waals surface area (Å²) in [7, 11) is 0. The number of aryl methyl sites for hydroxylation is 1. The predicted molar refractivity (Wildman–Crippen MR) is 52.2 cm³/mol. The highest BCUT2D eigenvalue weighted by Crippen LogP contribution is 2.35. The largest absolute Gasteiger partial charge is 0.492 e. The number of hydrogen-bond acceptors (Lipinski definition) is 2. The minimum Gasteiger partial charge on any atom is -0.492 e. The molecule has 5 heteroatoms. The summed E-state index contributed by atoms with van der Waals surface area (Å²) in [6.07, 6.45) is 1.37. The molecule has 1 aromatic rings. The Bertz CT molecular complexity index is 431. The molecule has 0 saturated carbocycles. The lowest BCUT2D eigenvalue weighted by Gasteiger charge is -2.19. The lowest BCUT2D eigenvalue weighted by Crippen LogP contribution is -2.14. The van der Waals surface area contributed by atoms with Gasteiger partial charge in [0.05, 0.1) is 11.6 Å². The molecular formula is C10H8ClFO3. The second-order valence-electron chi connectivity index (χ2n) is 3.29. The first-order chi connectivity index (χ1) is 7.11. The summed E-state index contributed by atoms with van der Waals surface area (Å²) in [5, 5.41) is 8.53. The summed E-state index contributed by atoms with van der Waals surface area (Å²) in [5.41, 5.74) is 0.298. The van der Waals surface area contributed by atoms with Crippen molar-refractivity contribution in [3.8, 4) is 5.75 Å². The molecule has 0 amide bonds. The van der Waals surface area contributed by atoms with E-state index in [2.05, 4.69) is 0 Å². The van der Waals surface area contributed by atoms with Gasteiger partial charge in [0.15, 0.2) is 0 Å². The summed E-state index contributed by atoms with van der Waals surface area (Å²) in [5.74, 6) is -1.77. The van der Waals surface area contributed by atoms with Gasteiger partial charge in [-0.1, -0.05) is 11.6 Å². The van der Waals surface area contributed by atoms with Gasteiger partial charge >= 0.3 is 5.97 Å². The van der Waals surface area contributed by atoms with Crippen molar-refractivity contribution in [2.75, 3.05) is 6.61 Å². The monoisotopic (exact) mass is 230 g/mol. The van der Waals surface area contributed by atoms with Crippen molar-refractivity contribution >= 4 is 17.6 Å². The maximum Gasteiger partial charge on any atom is 0.341 e. The Morgan fingerprint density at radius 3 is 3.00 bits per heavy atom. The number of carboxylic acid groups (broad SMARTS) is 1. The number of carboxylic acids is 1. The molecule has 0 radical (unpaired) electrons. The van der Waals surface area contributed by atoms with Crippen LogP contribution in [0.5, 0.6) is 5.75 Å². The zero-order valence-corrected chi connectivity index (χ0v) is 8.47. The molecule has 0 fully saturated rings. The number of carbonyl (C=O) groups is 1. The second kappa shape index (κ2) is 3.70. The van der Waals surface area contributed by atoms with Crippen LogP contribution in [0.25, 0.3) is 0 Å². The van der Waals surface area contributed by atoms with Gasteiger partial charge < -0.3 is 9.84 Å². The molecule has 0 spiro atoms. The van der Waals surface area contributed by atoms with Crippen molar-refractivity contribution in [1.29, 1.82) is 0 Å². The topological polar surface area (TPSA) is 46.5 Å². The average molecular weight is 231 g/mol. The number of benzene rings is 1. The SMILES string of the molecule is O=C(O)c1c(Cl)c(F)cc2c1OCCC2. The van der Waals surface area contributed by atoms with Gasteiger partial charge in [-0.3, -0.25) is 0 Å². The number of rotatable bonds is 1. The maximum atomic E-state index is 13.3. The van der Waals surface area contributed by atoms with Gasteiger partial charge in [0.2, 0.25) is 0 Å². The van der Waals surface area contributed by atoms with Crippen molar-refractivity contribution in [1.82, 2.24) is 0 Å². The van der Waals surface area contributed by atoms with E-state index in [0.717, 1.165) is 6.42 Å². The second-order valence-corrected chi connectivity index (χ2v) is 3.67. The Morgan fingerprint density at radius 1 is 1.60 bits per heavy atom. The lowest BCUT2D eigenvalue weighted by atomic mass is 10.0. The van der Waals surface area contributed by atoms with Crippen LogP contribution >= 0.6 is 11.6 Å². The summed E-state index contributed by atoms with van der Waals surface area (Å²) in [4.78, 5) is 10.9. The summed E-state index contributed by atoms with van der Waals surface area (Å²) < 4.78 is 18.5. The zero-order valence-electron chi connectivity index (χ0n) is 7.72. The van der Waals surface area contributed by atoms with Gasteiger partial charge in [0.25, 0.3) is 0 Å². The standard InChI is InChI=1S/C10H8ClFO3/c11-8-6(12)4-5-2-1-3-15-9(5)7(8)10(13)14/h4H,1-3H2,(H,13,14). The molecule has 3 nitrogen and oxygen atoms in total. The van der Waals surface area contributed by atoms with Gasteiger partial charge in [0, 0.05) is 0 Å². The third-order valence-corrected chi connectivity index (χ3v) is 2.67. The van der Waals surface area contributed by atoms with Gasteiger partial charge in [-0.25, -0.2) is 9.18 Å². The van der Waals surface area contributed by atoms with E-state index in [1.165, 1.54) is 6.07 Å². The molecule has 1 aliphatic rings. The van der Waals surface area contributed by atoms with E-state index in [1.54, 1.807) is 0 Å². The molecule has 0 bridgehead atoms. The molecule has 1 N–H and O–H groups in total. The van der Waals surface area contributed by atoms with Crippen LogP contribution in [0.3, 0.4) is 0 Å². The third kappa shape index (κ3) is 1.65. The molecule has 0 aliphatic carbocycles. The predicted octanol–water partition coefficient (Wildman–Crippen LogP) is 2.50. The smallest absolute Gasteiger partial charge is 0.341 e. The molecule has 0 saturated heterocycles. The third-order valence-electron chi connectivity index (χ3n) is 2.30. The molecular weight excluding hydrogens is 223 g/mol. The van der Waals surface area contributed by atoms with Gasteiger partial charge in [-0.05, 0) is 24.5 Å². The van der Waals surface area contributed by atoms with Crippen LogP contribution in [-0.4, -0.2) is 17.7 Å². The van der Waals surface area contributed by atoms with E-state index in [1.807, 2.05) is 0 Å². The molecule has 0 atom stereocenters. The van der Waals surface area contributed by atoms with Gasteiger partial charge in [-0.2, -0.15) is 0 Å². The Balaban J connectivity index is 2.68. The molecule has 80 valence electrons. The van der Waals surface area contributed by atoms with Crippen molar-refractivity contribution in [3.05, 3.63) is 28.0 Å². The van der Waals surface area contributed by atoms with E-state index in [0.29, 0.717) is 18.6 Å². The molecule has 1 aromatic carbocycles. The minimum atomic E-state index is -1.27. The molecule has 0 aromatic heterocycles. The summed E-state index contributed by atoms with van der Waals surface area (Å²) in [6, 6.07) is 1.24. The van der Waals surface area contributed by atoms with Crippen LogP contribution in [-0.2, 0) is 6.42 Å². The molecule has 15 heavy (non-hydrogen) atoms. The van der Waals surface area contributed by atoms with E-state index in [4.69, 9.17) is 21.4 Å². The maximum absolute atomic E-state index is 13.3. The first kappa shape index (κ1) is 10.2. The fourth-order valence-electron chi connectivity index (χ4n) is 1.64. The van der Waals surface area contributed by atoms with Gasteiger partial charge in [0.1, 0.15) is 17.1 Å². The van der Waals surface area contributed by atoms with Crippen LogP contribution in [0.4, 0.5) is 4.39 Å². The number of fused-ring (bicyclic) bond motifs is 1.